The first-order valence-corrected chi connectivity index (χ1v) is 15.7. The Kier molecular flexibility index (Phi) is 25.0. The molecule has 0 aromatic carbocycles. The van der Waals surface area contributed by atoms with E-state index in [1.807, 2.05) is 0 Å². The highest BCUT2D eigenvalue weighted by molar-refractivity contribution is 4.79. The molecule has 1 unspecified atom stereocenters. The lowest BCUT2D eigenvalue weighted by Gasteiger charge is -2.34. The van der Waals surface area contributed by atoms with Crippen molar-refractivity contribution < 1.29 is 4.74 Å². The fraction of sp³-hybridized carbons (Fsp3) is 1.00. The van der Waals surface area contributed by atoms with Gasteiger partial charge in [0, 0.05) is 6.61 Å². The second-order valence-electron chi connectivity index (χ2n) is 11.4. The molecule has 0 aromatic heterocycles. The Labute approximate surface area is 211 Å². The maximum absolute atomic E-state index is 6.17. The molecule has 0 rings (SSSR count). The summed E-state index contributed by atoms with van der Waals surface area (Å²) in [4.78, 5) is 0. The predicted octanol–water partition coefficient (Wildman–Crippen LogP) is 11.8. The predicted molar refractivity (Wildman–Crippen MR) is 151 cm³/mol. The van der Waals surface area contributed by atoms with Gasteiger partial charge in [0.25, 0.3) is 0 Å². The van der Waals surface area contributed by atoms with E-state index in [0.717, 1.165) is 12.5 Å². The standard InChI is InChI=1S/C32H66O/c1-6-9-11-13-15-16-17-18-19-20-21-22-23-24-26-28-30-31(32(4,5)33-8-3)29-27-25-14-12-10-7-2/h31H,6-30H2,1-5H3. The first-order chi connectivity index (χ1) is 16.1. The molecule has 0 bridgehead atoms. The third-order valence-corrected chi connectivity index (χ3v) is 7.81. The van der Waals surface area contributed by atoms with Crippen LogP contribution in [0.25, 0.3) is 0 Å². The van der Waals surface area contributed by atoms with Gasteiger partial charge < -0.3 is 4.74 Å². The summed E-state index contributed by atoms with van der Waals surface area (Å²) in [6.07, 6.45) is 34.4. The molecule has 0 aliphatic heterocycles. The Morgan fingerprint density at radius 3 is 0.970 bits per heavy atom. The van der Waals surface area contributed by atoms with E-state index in [1.54, 1.807) is 0 Å². The molecule has 1 nitrogen and oxygen atoms in total. The van der Waals surface area contributed by atoms with Gasteiger partial charge in [-0.25, -0.2) is 0 Å². The summed E-state index contributed by atoms with van der Waals surface area (Å²) in [5, 5.41) is 0. The van der Waals surface area contributed by atoms with Gasteiger partial charge in [-0.1, -0.05) is 155 Å². The van der Waals surface area contributed by atoms with Crippen molar-refractivity contribution in [2.24, 2.45) is 5.92 Å². The van der Waals surface area contributed by atoms with Crippen LogP contribution in [-0.2, 0) is 4.74 Å². The fourth-order valence-electron chi connectivity index (χ4n) is 5.44. The smallest absolute Gasteiger partial charge is 0.0654 e. The quantitative estimate of drug-likeness (QED) is 0.109. The number of ether oxygens (including phenoxy) is 1. The molecule has 0 radical (unpaired) electrons. The molecule has 0 aliphatic carbocycles. The van der Waals surface area contributed by atoms with Crippen LogP contribution in [0.2, 0.25) is 0 Å². The fourth-order valence-corrected chi connectivity index (χ4v) is 5.44. The molecule has 0 saturated carbocycles. The number of unbranched alkanes of at least 4 members (excludes halogenated alkanes) is 20. The van der Waals surface area contributed by atoms with Crippen molar-refractivity contribution in [3.8, 4) is 0 Å². The van der Waals surface area contributed by atoms with Crippen molar-refractivity contribution in [3.05, 3.63) is 0 Å². The summed E-state index contributed by atoms with van der Waals surface area (Å²) in [5.41, 5.74) is 0.0493. The van der Waals surface area contributed by atoms with Crippen LogP contribution in [0.1, 0.15) is 189 Å². The number of hydrogen-bond acceptors (Lipinski definition) is 1. The van der Waals surface area contributed by atoms with E-state index in [2.05, 4.69) is 34.6 Å². The summed E-state index contributed by atoms with van der Waals surface area (Å²) in [5.74, 6) is 0.732. The van der Waals surface area contributed by atoms with Gasteiger partial charge >= 0.3 is 0 Å². The molecule has 0 saturated heterocycles. The first-order valence-electron chi connectivity index (χ1n) is 15.7. The highest BCUT2D eigenvalue weighted by Gasteiger charge is 2.28. The third-order valence-electron chi connectivity index (χ3n) is 7.81. The minimum atomic E-state index is 0.0493. The maximum atomic E-state index is 6.17. The molecule has 200 valence electrons. The second kappa shape index (κ2) is 25.1. The molecule has 0 N–H and O–H groups in total. The van der Waals surface area contributed by atoms with Crippen LogP contribution >= 0.6 is 0 Å². The van der Waals surface area contributed by atoms with Crippen molar-refractivity contribution in [1.29, 1.82) is 0 Å². The Bertz CT molecular complexity index is 362. The average Bonchev–Trinajstić information content (AvgIpc) is 2.79. The van der Waals surface area contributed by atoms with Crippen molar-refractivity contribution in [2.45, 2.75) is 194 Å². The lowest BCUT2D eigenvalue weighted by Crippen LogP contribution is -2.34. The molecule has 1 heteroatoms. The van der Waals surface area contributed by atoms with E-state index in [0.29, 0.717) is 0 Å². The van der Waals surface area contributed by atoms with Crippen LogP contribution in [-0.4, -0.2) is 12.2 Å². The Balaban J connectivity index is 3.68. The third kappa shape index (κ3) is 22.2. The summed E-state index contributed by atoms with van der Waals surface area (Å²) < 4.78 is 6.17. The van der Waals surface area contributed by atoms with Crippen LogP contribution in [0, 0.1) is 5.92 Å². The van der Waals surface area contributed by atoms with Gasteiger partial charge in [0.2, 0.25) is 0 Å². The molecule has 1 atom stereocenters. The molecule has 0 aliphatic rings. The van der Waals surface area contributed by atoms with Crippen LogP contribution in [0.15, 0.2) is 0 Å². The van der Waals surface area contributed by atoms with E-state index in [9.17, 15) is 0 Å². The highest BCUT2D eigenvalue weighted by atomic mass is 16.5. The van der Waals surface area contributed by atoms with Crippen molar-refractivity contribution >= 4 is 0 Å². The van der Waals surface area contributed by atoms with Gasteiger partial charge in [0.05, 0.1) is 5.60 Å². The zero-order valence-corrected chi connectivity index (χ0v) is 24.2. The van der Waals surface area contributed by atoms with Gasteiger partial charge in [0.15, 0.2) is 0 Å². The zero-order valence-electron chi connectivity index (χ0n) is 24.2. The zero-order chi connectivity index (χ0) is 24.5. The largest absolute Gasteiger partial charge is 0.376 e. The Morgan fingerprint density at radius 1 is 0.424 bits per heavy atom. The van der Waals surface area contributed by atoms with E-state index < -0.39 is 0 Å². The van der Waals surface area contributed by atoms with Crippen molar-refractivity contribution in [2.75, 3.05) is 6.61 Å². The van der Waals surface area contributed by atoms with E-state index >= 15 is 0 Å². The van der Waals surface area contributed by atoms with Gasteiger partial charge in [0.1, 0.15) is 0 Å². The van der Waals surface area contributed by atoms with Crippen LogP contribution in [0.3, 0.4) is 0 Å². The molecule has 0 heterocycles. The van der Waals surface area contributed by atoms with Crippen molar-refractivity contribution in [3.63, 3.8) is 0 Å². The highest BCUT2D eigenvalue weighted by Crippen LogP contribution is 2.31. The number of rotatable bonds is 27. The molecule has 33 heavy (non-hydrogen) atoms. The second-order valence-corrected chi connectivity index (χ2v) is 11.4. The summed E-state index contributed by atoms with van der Waals surface area (Å²) in [6, 6.07) is 0. The van der Waals surface area contributed by atoms with E-state index in [-0.39, 0.29) is 5.60 Å². The molecule has 0 aromatic rings. The number of hydrogen-bond donors (Lipinski definition) is 0. The Hall–Kier alpha value is -0.0400. The molecular weight excluding hydrogens is 400 g/mol. The van der Waals surface area contributed by atoms with E-state index in [4.69, 9.17) is 4.74 Å². The molecule has 0 spiro atoms. The lowest BCUT2D eigenvalue weighted by atomic mass is 9.82. The molecule has 0 fully saturated rings. The Morgan fingerprint density at radius 2 is 0.697 bits per heavy atom. The molecule has 0 amide bonds. The first kappa shape index (κ1) is 33.0. The average molecular weight is 467 g/mol. The van der Waals surface area contributed by atoms with Crippen LogP contribution < -0.4 is 0 Å². The minimum Gasteiger partial charge on any atom is -0.376 e. The maximum Gasteiger partial charge on any atom is 0.0654 e. The normalized spacial score (nSPS) is 13.0. The van der Waals surface area contributed by atoms with Gasteiger partial charge in [-0.05, 0) is 39.5 Å². The van der Waals surface area contributed by atoms with Crippen LogP contribution in [0.4, 0.5) is 0 Å². The SMILES string of the molecule is CCCCCCCCCCCCCCCCCCC(CCCCCCCC)C(C)(C)OCC. The van der Waals surface area contributed by atoms with E-state index in [1.165, 1.54) is 154 Å². The van der Waals surface area contributed by atoms with Gasteiger partial charge in [-0.3, -0.25) is 0 Å². The summed E-state index contributed by atoms with van der Waals surface area (Å²) >= 11 is 0. The van der Waals surface area contributed by atoms with Crippen LogP contribution in [0.5, 0.6) is 0 Å². The minimum absolute atomic E-state index is 0.0493. The summed E-state index contributed by atoms with van der Waals surface area (Å²) in [7, 11) is 0. The molecular formula is C32H66O. The monoisotopic (exact) mass is 467 g/mol. The van der Waals surface area contributed by atoms with Gasteiger partial charge in [-0.15, -0.1) is 0 Å². The topological polar surface area (TPSA) is 9.23 Å². The summed E-state index contributed by atoms with van der Waals surface area (Å²) in [6.45, 7) is 12.3. The van der Waals surface area contributed by atoms with Crippen molar-refractivity contribution in [1.82, 2.24) is 0 Å². The lowest BCUT2D eigenvalue weighted by molar-refractivity contribution is -0.0605. The van der Waals surface area contributed by atoms with Gasteiger partial charge in [-0.2, -0.15) is 0 Å².